The molecule has 152 valence electrons. The van der Waals surface area contributed by atoms with Gasteiger partial charge >= 0.3 is 0 Å². The molecule has 0 spiro atoms. The maximum absolute atomic E-state index is 12.7. The van der Waals surface area contributed by atoms with Gasteiger partial charge in [-0.25, -0.2) is 0 Å². The average Bonchev–Trinajstić information content (AvgIpc) is 2.71. The molecule has 3 aliphatic heterocycles. The summed E-state index contributed by atoms with van der Waals surface area (Å²) < 4.78 is 0. The molecule has 3 aliphatic rings. The molecule has 1 saturated heterocycles. The number of benzene rings is 1. The Hall–Kier alpha value is -2.47. The molecule has 1 fully saturated rings. The summed E-state index contributed by atoms with van der Waals surface area (Å²) in [5.74, 6) is -0.624. The second-order valence-electron chi connectivity index (χ2n) is 7.70. The molecule has 0 aromatic heterocycles. The van der Waals surface area contributed by atoms with Crippen LogP contribution < -0.4 is 4.90 Å². The van der Waals surface area contributed by atoms with E-state index in [-0.39, 0.29) is 17.4 Å². The molecule has 0 radical (unpaired) electrons. The summed E-state index contributed by atoms with van der Waals surface area (Å²) in [6.07, 6.45) is 10.1. The first-order valence-corrected chi connectivity index (χ1v) is 10.9. The number of hydrogen-bond donors (Lipinski definition) is 0. The molecule has 0 bridgehead atoms. The normalized spacial score (nSPS) is 19.3. The van der Waals surface area contributed by atoms with Gasteiger partial charge in [0.2, 0.25) is 0 Å². The average molecular weight is 410 g/mol. The van der Waals surface area contributed by atoms with Crippen LogP contribution in [-0.4, -0.2) is 52.9 Å². The Bertz CT molecular complexity index is 875. The number of amides is 2. The van der Waals surface area contributed by atoms with Crippen molar-refractivity contribution in [3.05, 3.63) is 46.5 Å². The highest BCUT2D eigenvalue weighted by atomic mass is 32.1. The van der Waals surface area contributed by atoms with E-state index < -0.39 is 0 Å². The van der Waals surface area contributed by atoms with Crippen LogP contribution in [0.2, 0.25) is 0 Å². The first kappa shape index (κ1) is 19.8. The number of thiocarbonyl (C=S) groups is 1. The Kier molecular flexibility index (Phi) is 5.54. The molecule has 6 heteroatoms. The van der Waals surface area contributed by atoms with Gasteiger partial charge in [-0.2, -0.15) is 0 Å². The molecule has 5 nitrogen and oxygen atoms in total. The Labute approximate surface area is 177 Å². The molecule has 3 heterocycles. The van der Waals surface area contributed by atoms with E-state index in [4.69, 9.17) is 12.2 Å². The minimum Gasteiger partial charge on any atom is -0.371 e. The number of anilines is 1. The Morgan fingerprint density at radius 3 is 2.03 bits per heavy atom. The number of rotatable bonds is 4. The number of nitrogens with zero attached hydrogens (tertiary/aromatic N) is 3. The number of carbonyl (C=O) groups is 2. The van der Waals surface area contributed by atoms with E-state index in [0.29, 0.717) is 18.2 Å². The van der Waals surface area contributed by atoms with Crippen molar-refractivity contribution >= 4 is 40.9 Å². The summed E-state index contributed by atoms with van der Waals surface area (Å²) in [6.45, 7) is 6.96. The summed E-state index contributed by atoms with van der Waals surface area (Å²) in [5, 5.41) is 0.296. The van der Waals surface area contributed by atoms with Crippen LogP contribution >= 0.6 is 12.2 Å². The Morgan fingerprint density at radius 1 is 0.966 bits per heavy atom. The maximum Gasteiger partial charge on any atom is 0.265 e. The molecule has 2 amide bonds. The van der Waals surface area contributed by atoms with Gasteiger partial charge in [0, 0.05) is 31.9 Å². The summed E-state index contributed by atoms with van der Waals surface area (Å²) in [7, 11) is 0. The molecule has 4 rings (SSSR count). The molecule has 0 atom stereocenters. The molecule has 1 aromatic rings. The van der Waals surface area contributed by atoms with Crippen molar-refractivity contribution in [2.24, 2.45) is 0 Å². The van der Waals surface area contributed by atoms with Gasteiger partial charge in [0.15, 0.2) is 5.11 Å². The van der Waals surface area contributed by atoms with Crippen molar-refractivity contribution in [2.45, 2.75) is 39.5 Å². The lowest BCUT2D eigenvalue weighted by molar-refractivity contribution is -0.133. The van der Waals surface area contributed by atoms with Crippen LogP contribution in [0.4, 0.5) is 5.69 Å². The maximum atomic E-state index is 12.7. The number of carbonyl (C=O) groups excluding carboxylic acids is 2. The van der Waals surface area contributed by atoms with E-state index in [1.807, 2.05) is 26.0 Å². The fourth-order valence-corrected chi connectivity index (χ4v) is 5.01. The molecular formula is C23H27N3O2S. The third kappa shape index (κ3) is 3.50. The molecular weight excluding hydrogens is 382 g/mol. The van der Waals surface area contributed by atoms with Crippen molar-refractivity contribution in [2.75, 3.05) is 31.1 Å². The third-order valence-electron chi connectivity index (χ3n) is 5.95. The fraction of sp³-hybridized carbons (Fsp3) is 0.435. The summed E-state index contributed by atoms with van der Waals surface area (Å²) in [6, 6.07) is 4.50. The lowest BCUT2D eigenvalue weighted by Crippen LogP contribution is -2.55. The minimum atomic E-state index is -0.312. The monoisotopic (exact) mass is 409 g/mol. The van der Waals surface area contributed by atoms with Gasteiger partial charge in [-0.3, -0.25) is 19.4 Å². The van der Waals surface area contributed by atoms with Gasteiger partial charge in [0.1, 0.15) is 5.57 Å². The summed E-state index contributed by atoms with van der Waals surface area (Å²) in [4.78, 5) is 30.9. The lowest BCUT2D eigenvalue weighted by Gasteiger charge is -2.37. The van der Waals surface area contributed by atoms with E-state index in [1.165, 1.54) is 39.5 Å². The van der Waals surface area contributed by atoms with Gasteiger partial charge in [0.25, 0.3) is 11.8 Å². The number of hydrogen-bond acceptors (Lipinski definition) is 4. The first-order valence-electron chi connectivity index (χ1n) is 10.5. The third-order valence-corrected chi connectivity index (χ3v) is 6.39. The van der Waals surface area contributed by atoms with Crippen molar-refractivity contribution in [3.8, 4) is 0 Å². The Morgan fingerprint density at radius 2 is 1.52 bits per heavy atom. The van der Waals surface area contributed by atoms with Crippen molar-refractivity contribution < 1.29 is 9.59 Å². The predicted molar refractivity (Wildman–Crippen MR) is 120 cm³/mol. The van der Waals surface area contributed by atoms with Gasteiger partial charge in [-0.1, -0.05) is 12.2 Å². The highest BCUT2D eigenvalue weighted by molar-refractivity contribution is 7.80. The SMILES string of the molecule is CCN1C(=O)C(=C/C=C/c2cc3c4c(c2)CCCN4CCC3)C(=O)N(CC)C1=S. The zero-order valence-corrected chi connectivity index (χ0v) is 17.9. The highest BCUT2D eigenvalue weighted by Gasteiger charge is 2.37. The number of aryl methyl sites for hydroxylation is 2. The molecule has 0 unspecified atom stereocenters. The van der Waals surface area contributed by atoms with Gasteiger partial charge in [0.05, 0.1) is 0 Å². The zero-order chi connectivity index (χ0) is 20.5. The van der Waals surface area contributed by atoms with Crippen LogP contribution in [0.1, 0.15) is 43.4 Å². The van der Waals surface area contributed by atoms with Crippen LogP contribution in [0.3, 0.4) is 0 Å². The predicted octanol–water partition coefficient (Wildman–Crippen LogP) is 3.32. The second-order valence-corrected chi connectivity index (χ2v) is 8.07. The van der Waals surface area contributed by atoms with Crippen LogP contribution in [0.15, 0.2) is 29.9 Å². The summed E-state index contributed by atoms with van der Waals surface area (Å²) in [5.41, 5.74) is 5.59. The topological polar surface area (TPSA) is 43.9 Å². The minimum absolute atomic E-state index is 0.170. The van der Waals surface area contributed by atoms with Crippen LogP contribution in [-0.2, 0) is 22.4 Å². The van der Waals surface area contributed by atoms with Gasteiger partial charge in [-0.05, 0) is 86.6 Å². The molecule has 29 heavy (non-hydrogen) atoms. The van der Waals surface area contributed by atoms with Crippen molar-refractivity contribution in [3.63, 3.8) is 0 Å². The van der Waals surface area contributed by atoms with Crippen molar-refractivity contribution in [1.29, 1.82) is 0 Å². The molecule has 0 aliphatic carbocycles. The van der Waals surface area contributed by atoms with E-state index in [1.54, 1.807) is 6.08 Å². The van der Waals surface area contributed by atoms with Crippen LogP contribution in [0.5, 0.6) is 0 Å². The smallest absolute Gasteiger partial charge is 0.265 e. The lowest BCUT2D eigenvalue weighted by atomic mass is 9.90. The Balaban J connectivity index is 1.62. The molecule has 1 aromatic carbocycles. The van der Waals surface area contributed by atoms with E-state index in [9.17, 15) is 9.59 Å². The first-order chi connectivity index (χ1) is 14.0. The fourth-order valence-electron chi connectivity index (χ4n) is 4.58. The van der Waals surface area contributed by atoms with E-state index in [2.05, 4.69) is 17.0 Å². The second kappa shape index (κ2) is 8.11. The quantitative estimate of drug-likeness (QED) is 0.435. The number of allylic oxidation sites excluding steroid dienone is 2. The van der Waals surface area contributed by atoms with Crippen LogP contribution in [0, 0.1) is 0 Å². The van der Waals surface area contributed by atoms with Gasteiger partial charge in [-0.15, -0.1) is 0 Å². The van der Waals surface area contributed by atoms with E-state index >= 15 is 0 Å². The van der Waals surface area contributed by atoms with Crippen LogP contribution in [0.25, 0.3) is 6.08 Å². The van der Waals surface area contributed by atoms with Crippen molar-refractivity contribution in [1.82, 2.24) is 9.80 Å². The molecule has 0 N–H and O–H groups in total. The summed E-state index contributed by atoms with van der Waals surface area (Å²) >= 11 is 5.30. The number of likely N-dealkylation sites (N-methyl/N-ethyl adjacent to an activating group) is 2. The largest absolute Gasteiger partial charge is 0.371 e. The standard InChI is InChI=1S/C23H27N3O2S/c1-3-25-21(27)19(22(28)26(4-2)23(25)29)11-5-8-16-14-17-9-6-12-24-13-7-10-18(15-16)20(17)24/h5,8,11,14-15H,3-4,6-7,9-10,12-13H2,1-2H3/b8-5+. The van der Waals surface area contributed by atoms with E-state index in [0.717, 1.165) is 31.5 Å². The highest BCUT2D eigenvalue weighted by Crippen LogP contribution is 2.36. The molecule has 0 saturated carbocycles. The van der Waals surface area contributed by atoms with Gasteiger partial charge < -0.3 is 4.90 Å². The zero-order valence-electron chi connectivity index (χ0n) is 17.1.